The van der Waals surface area contributed by atoms with Crippen molar-refractivity contribution >= 4 is 11.9 Å². The average Bonchev–Trinajstić information content (AvgIpc) is 3.37. The number of hydrogen-bond donors (Lipinski definition) is 3. The highest BCUT2D eigenvalue weighted by molar-refractivity contribution is 5.76. The number of nitrogens with one attached hydrogen (secondary N) is 1. The highest BCUT2D eigenvalue weighted by Gasteiger charge is 2.20. The summed E-state index contributed by atoms with van der Waals surface area (Å²) in [6, 6.07) is -0.538. The first-order chi connectivity index (χ1) is 35.0. The van der Waals surface area contributed by atoms with Crippen LogP contribution >= 0.6 is 0 Å². The third kappa shape index (κ3) is 57.7. The largest absolute Gasteiger partial charge is 0.466 e. The molecule has 3 N–H and O–H groups in total. The van der Waals surface area contributed by atoms with Crippen molar-refractivity contribution in [3.63, 3.8) is 0 Å². The maximum absolute atomic E-state index is 12.5. The van der Waals surface area contributed by atoms with E-state index in [9.17, 15) is 19.8 Å². The highest BCUT2D eigenvalue weighted by Crippen LogP contribution is 2.18. The van der Waals surface area contributed by atoms with Crippen LogP contribution in [0.15, 0.2) is 12.2 Å². The van der Waals surface area contributed by atoms with Crippen LogP contribution in [-0.4, -0.2) is 47.4 Å². The topological polar surface area (TPSA) is 95.9 Å². The molecule has 0 heterocycles. The van der Waals surface area contributed by atoms with Gasteiger partial charge in [-0.15, -0.1) is 0 Å². The van der Waals surface area contributed by atoms with Gasteiger partial charge in [0.1, 0.15) is 0 Å². The molecule has 0 fully saturated rings. The van der Waals surface area contributed by atoms with Gasteiger partial charge in [0.2, 0.25) is 5.91 Å². The lowest BCUT2D eigenvalue weighted by molar-refractivity contribution is -0.143. The number of carbonyl (C=O) groups is 2. The lowest BCUT2D eigenvalue weighted by Crippen LogP contribution is -2.45. The van der Waals surface area contributed by atoms with E-state index < -0.39 is 12.1 Å². The molecule has 6 heteroatoms. The summed E-state index contributed by atoms with van der Waals surface area (Å²) >= 11 is 0. The number of allylic oxidation sites excluding steroid dienone is 2. The molecular formula is C65H127NO5. The van der Waals surface area contributed by atoms with Crippen LogP contribution in [0.1, 0.15) is 367 Å². The minimum atomic E-state index is -0.661. The van der Waals surface area contributed by atoms with E-state index >= 15 is 0 Å². The van der Waals surface area contributed by atoms with Crippen molar-refractivity contribution in [2.24, 2.45) is 0 Å². The summed E-state index contributed by atoms with van der Waals surface area (Å²) < 4.78 is 5.50. The molecule has 0 saturated heterocycles. The smallest absolute Gasteiger partial charge is 0.305 e. The number of aliphatic hydroxyl groups excluding tert-OH is 2. The van der Waals surface area contributed by atoms with Crippen molar-refractivity contribution in [1.29, 1.82) is 0 Å². The zero-order valence-electron chi connectivity index (χ0n) is 48.2. The van der Waals surface area contributed by atoms with Gasteiger partial charge in [-0.2, -0.15) is 0 Å². The molecule has 0 aromatic rings. The molecule has 0 aliphatic carbocycles. The van der Waals surface area contributed by atoms with Crippen molar-refractivity contribution < 1.29 is 24.5 Å². The van der Waals surface area contributed by atoms with Crippen LogP contribution in [0.4, 0.5) is 0 Å². The Morgan fingerprint density at radius 2 is 0.662 bits per heavy atom. The minimum Gasteiger partial charge on any atom is -0.466 e. The van der Waals surface area contributed by atoms with Crippen molar-refractivity contribution in [3.8, 4) is 0 Å². The molecule has 0 bridgehead atoms. The zero-order chi connectivity index (χ0) is 51.4. The molecule has 0 saturated carbocycles. The van der Waals surface area contributed by atoms with Gasteiger partial charge in [0, 0.05) is 12.8 Å². The van der Waals surface area contributed by atoms with Gasteiger partial charge in [-0.25, -0.2) is 0 Å². The second-order valence-electron chi connectivity index (χ2n) is 22.5. The van der Waals surface area contributed by atoms with E-state index in [0.717, 1.165) is 44.9 Å². The van der Waals surface area contributed by atoms with Crippen molar-refractivity contribution in [2.75, 3.05) is 13.2 Å². The van der Waals surface area contributed by atoms with Gasteiger partial charge in [0.15, 0.2) is 0 Å². The van der Waals surface area contributed by atoms with Gasteiger partial charge in [-0.05, 0) is 51.4 Å². The Balaban J connectivity index is 3.32. The molecule has 0 aromatic carbocycles. The number of unbranched alkanes of at least 4 members (excludes halogenated alkanes) is 48. The first kappa shape index (κ1) is 69.6. The molecule has 71 heavy (non-hydrogen) atoms. The van der Waals surface area contributed by atoms with Gasteiger partial charge < -0.3 is 20.3 Å². The molecule has 0 spiro atoms. The molecule has 6 nitrogen and oxygen atoms in total. The Morgan fingerprint density at radius 1 is 0.380 bits per heavy atom. The summed E-state index contributed by atoms with van der Waals surface area (Å²) in [5.41, 5.74) is 0. The SMILES string of the molecule is CCCCCCCCC/C=C\CCCCCCCCCC(=O)OCCCCCCCCCCCCCCCCCCCCCCCCCCCC(=O)NC(CO)C(O)CCCCCCCCCCCCC. The van der Waals surface area contributed by atoms with E-state index in [1.165, 1.54) is 289 Å². The maximum atomic E-state index is 12.5. The Kier molecular flexibility index (Phi) is 59.9. The summed E-state index contributed by atoms with van der Waals surface area (Å²) in [6.45, 7) is 4.97. The Labute approximate surface area is 444 Å². The van der Waals surface area contributed by atoms with Crippen LogP contribution in [0.5, 0.6) is 0 Å². The molecule has 0 aliphatic rings. The third-order valence-electron chi connectivity index (χ3n) is 15.3. The molecular weight excluding hydrogens is 875 g/mol. The molecule has 2 unspecified atom stereocenters. The summed E-state index contributed by atoms with van der Waals surface area (Å²) in [7, 11) is 0. The monoisotopic (exact) mass is 1000 g/mol. The molecule has 0 radical (unpaired) electrons. The lowest BCUT2D eigenvalue weighted by atomic mass is 10.0. The Hall–Kier alpha value is -1.40. The van der Waals surface area contributed by atoms with E-state index in [1.54, 1.807) is 0 Å². The number of aliphatic hydroxyl groups is 2. The van der Waals surface area contributed by atoms with E-state index in [4.69, 9.17) is 4.74 Å². The molecule has 2 atom stereocenters. The van der Waals surface area contributed by atoms with Crippen molar-refractivity contribution in [3.05, 3.63) is 12.2 Å². The summed E-state index contributed by atoms with van der Waals surface area (Å²) in [5.74, 6) is -0.0183. The highest BCUT2D eigenvalue weighted by atomic mass is 16.5. The van der Waals surface area contributed by atoms with Crippen molar-refractivity contribution in [1.82, 2.24) is 5.32 Å². The maximum Gasteiger partial charge on any atom is 0.305 e. The van der Waals surface area contributed by atoms with Gasteiger partial charge in [0.25, 0.3) is 0 Å². The van der Waals surface area contributed by atoms with Crippen LogP contribution < -0.4 is 5.32 Å². The van der Waals surface area contributed by atoms with E-state index in [-0.39, 0.29) is 18.5 Å². The van der Waals surface area contributed by atoms with Crippen LogP contribution in [0.25, 0.3) is 0 Å². The predicted octanol–water partition coefficient (Wildman–Crippen LogP) is 20.4. The van der Waals surface area contributed by atoms with Gasteiger partial charge in [0.05, 0.1) is 25.4 Å². The van der Waals surface area contributed by atoms with E-state index in [2.05, 4.69) is 31.3 Å². The number of carbonyl (C=O) groups excluding carboxylic acids is 2. The van der Waals surface area contributed by atoms with E-state index in [1.807, 2.05) is 0 Å². The molecule has 422 valence electrons. The number of hydrogen-bond acceptors (Lipinski definition) is 5. The average molecular weight is 1000 g/mol. The molecule has 0 aromatic heterocycles. The van der Waals surface area contributed by atoms with Gasteiger partial charge >= 0.3 is 5.97 Å². The molecule has 0 rings (SSSR count). The second kappa shape index (κ2) is 61.1. The molecule has 1 amide bonds. The number of esters is 1. The minimum absolute atomic E-state index is 0.0142. The number of amides is 1. The number of ether oxygens (including phenoxy) is 1. The van der Waals surface area contributed by atoms with Gasteiger partial charge in [-0.3, -0.25) is 9.59 Å². The van der Waals surface area contributed by atoms with Crippen molar-refractivity contribution in [2.45, 2.75) is 379 Å². The summed E-state index contributed by atoms with van der Waals surface area (Å²) in [5, 5.41) is 23.2. The summed E-state index contributed by atoms with van der Waals surface area (Å²) in [4.78, 5) is 24.5. The first-order valence-electron chi connectivity index (χ1n) is 32.4. The standard InChI is InChI=1S/C65H127NO5/c1-3-5-7-9-11-13-15-16-17-18-29-32-35-39-43-47-51-55-59-65(70)71-60-56-52-48-44-40-36-33-30-27-25-23-21-19-20-22-24-26-28-31-34-38-42-46-50-54-58-64(69)66-62(61-67)63(68)57-53-49-45-41-37-14-12-10-8-6-4-2/h17-18,62-63,67-68H,3-16,19-61H2,1-2H3,(H,66,69)/b18-17-. The number of rotatable bonds is 61. The van der Waals surface area contributed by atoms with Gasteiger partial charge in [-0.1, -0.05) is 315 Å². The first-order valence-corrected chi connectivity index (χ1v) is 32.4. The quantitative estimate of drug-likeness (QED) is 0.0320. The lowest BCUT2D eigenvalue weighted by Gasteiger charge is -2.22. The van der Waals surface area contributed by atoms with E-state index in [0.29, 0.717) is 25.9 Å². The predicted molar refractivity (Wildman–Crippen MR) is 310 cm³/mol. The van der Waals surface area contributed by atoms with Crippen LogP contribution in [0, 0.1) is 0 Å². The summed E-state index contributed by atoms with van der Waals surface area (Å²) in [6.07, 6.45) is 73.8. The van der Waals surface area contributed by atoms with Crippen LogP contribution in [0.2, 0.25) is 0 Å². The zero-order valence-corrected chi connectivity index (χ0v) is 48.2. The van der Waals surface area contributed by atoms with Crippen LogP contribution in [0.3, 0.4) is 0 Å². The Morgan fingerprint density at radius 3 is 1.00 bits per heavy atom. The fraction of sp³-hybridized carbons (Fsp3) is 0.938. The van der Waals surface area contributed by atoms with Crippen LogP contribution in [-0.2, 0) is 14.3 Å². The fourth-order valence-corrected chi connectivity index (χ4v) is 10.3. The normalized spacial score (nSPS) is 12.6. The second-order valence-corrected chi connectivity index (χ2v) is 22.5. The fourth-order valence-electron chi connectivity index (χ4n) is 10.3. The molecule has 0 aliphatic heterocycles. The Bertz CT molecular complexity index is 1060. The third-order valence-corrected chi connectivity index (χ3v) is 15.3.